The van der Waals surface area contributed by atoms with Crippen LogP contribution in [0.3, 0.4) is 0 Å². The van der Waals surface area contributed by atoms with Crippen LogP contribution in [0.2, 0.25) is 0 Å². The fourth-order valence-corrected chi connectivity index (χ4v) is 1.76. The molecular formula is C15H15FN2O3. The van der Waals surface area contributed by atoms with E-state index < -0.39 is 11.8 Å². The van der Waals surface area contributed by atoms with Gasteiger partial charge in [-0.25, -0.2) is 14.2 Å². The maximum Gasteiger partial charge on any atom is 0.338 e. The number of aromatic nitrogens is 1. The SMILES string of the molecule is CCOc1ccc(NCc2ccc(C(=O)O)c(F)c2)cn1. The zero-order chi connectivity index (χ0) is 15.2. The fourth-order valence-electron chi connectivity index (χ4n) is 1.76. The van der Waals surface area contributed by atoms with E-state index in [0.717, 1.165) is 5.69 Å². The number of aromatic carboxylic acids is 1. The number of hydrogen-bond acceptors (Lipinski definition) is 4. The molecule has 0 saturated carbocycles. The number of nitrogens with zero attached hydrogens (tertiary/aromatic N) is 1. The Balaban J connectivity index is 1.99. The van der Waals surface area contributed by atoms with Crippen LogP contribution in [0.15, 0.2) is 36.5 Å². The zero-order valence-corrected chi connectivity index (χ0v) is 11.5. The van der Waals surface area contributed by atoms with Crippen molar-refractivity contribution in [2.45, 2.75) is 13.5 Å². The minimum atomic E-state index is -1.28. The molecule has 0 bridgehead atoms. The van der Waals surface area contributed by atoms with Crippen LogP contribution in [0.25, 0.3) is 0 Å². The maximum atomic E-state index is 13.5. The summed E-state index contributed by atoms with van der Waals surface area (Å²) < 4.78 is 18.8. The molecule has 0 fully saturated rings. The Bertz CT molecular complexity index is 629. The second-order valence-corrected chi connectivity index (χ2v) is 4.29. The summed E-state index contributed by atoms with van der Waals surface area (Å²) in [7, 11) is 0. The van der Waals surface area contributed by atoms with Gasteiger partial charge in [0.15, 0.2) is 0 Å². The predicted octanol–water partition coefficient (Wildman–Crippen LogP) is 2.93. The highest BCUT2D eigenvalue weighted by Gasteiger charge is 2.10. The van der Waals surface area contributed by atoms with Gasteiger partial charge in [-0.1, -0.05) is 6.07 Å². The Kier molecular flexibility index (Phi) is 4.71. The molecule has 0 amide bonds. The largest absolute Gasteiger partial charge is 0.478 e. The lowest BCUT2D eigenvalue weighted by Crippen LogP contribution is -2.04. The van der Waals surface area contributed by atoms with Crippen LogP contribution < -0.4 is 10.1 Å². The molecule has 0 aliphatic rings. The quantitative estimate of drug-likeness (QED) is 0.856. The Morgan fingerprint density at radius 1 is 1.38 bits per heavy atom. The topological polar surface area (TPSA) is 71.5 Å². The van der Waals surface area contributed by atoms with Crippen LogP contribution in [-0.2, 0) is 6.54 Å². The smallest absolute Gasteiger partial charge is 0.338 e. The van der Waals surface area contributed by atoms with Gasteiger partial charge in [0.2, 0.25) is 5.88 Å². The number of pyridine rings is 1. The van der Waals surface area contributed by atoms with Crippen LogP contribution in [0, 0.1) is 5.82 Å². The number of hydrogen-bond donors (Lipinski definition) is 2. The van der Waals surface area contributed by atoms with Gasteiger partial charge in [0.1, 0.15) is 5.82 Å². The Morgan fingerprint density at radius 2 is 2.19 bits per heavy atom. The Hall–Kier alpha value is -2.63. The fraction of sp³-hybridized carbons (Fsp3) is 0.200. The minimum absolute atomic E-state index is 0.332. The summed E-state index contributed by atoms with van der Waals surface area (Å²) in [6.07, 6.45) is 1.62. The number of carboxylic acids is 1. The van der Waals surface area contributed by atoms with Gasteiger partial charge in [-0.05, 0) is 30.7 Å². The lowest BCUT2D eigenvalue weighted by molar-refractivity contribution is 0.0692. The molecule has 1 aromatic heterocycles. The van der Waals surface area contributed by atoms with Gasteiger partial charge in [0.25, 0.3) is 0 Å². The van der Waals surface area contributed by atoms with E-state index >= 15 is 0 Å². The summed E-state index contributed by atoms with van der Waals surface area (Å²) >= 11 is 0. The van der Waals surface area contributed by atoms with Crippen molar-refractivity contribution in [2.75, 3.05) is 11.9 Å². The number of halogens is 1. The highest BCUT2D eigenvalue weighted by atomic mass is 19.1. The van der Waals surface area contributed by atoms with Crippen molar-refractivity contribution < 1.29 is 19.0 Å². The molecule has 2 N–H and O–H groups in total. The first kappa shape index (κ1) is 14.8. The van der Waals surface area contributed by atoms with Crippen molar-refractivity contribution in [3.63, 3.8) is 0 Å². The van der Waals surface area contributed by atoms with E-state index in [2.05, 4.69) is 10.3 Å². The third-order valence-corrected chi connectivity index (χ3v) is 2.79. The van der Waals surface area contributed by atoms with Crippen molar-refractivity contribution in [2.24, 2.45) is 0 Å². The average Bonchev–Trinajstić information content (AvgIpc) is 2.46. The van der Waals surface area contributed by atoms with Crippen LogP contribution in [0.5, 0.6) is 5.88 Å². The molecule has 21 heavy (non-hydrogen) atoms. The van der Waals surface area contributed by atoms with Crippen LogP contribution >= 0.6 is 0 Å². The summed E-state index contributed by atoms with van der Waals surface area (Å²) in [6, 6.07) is 7.57. The van der Waals surface area contributed by atoms with Gasteiger partial charge in [0.05, 0.1) is 24.1 Å². The number of benzene rings is 1. The van der Waals surface area contributed by atoms with Crippen molar-refractivity contribution in [3.05, 3.63) is 53.5 Å². The number of ether oxygens (including phenoxy) is 1. The van der Waals surface area contributed by atoms with Crippen molar-refractivity contribution in [3.8, 4) is 5.88 Å². The highest BCUT2D eigenvalue weighted by Crippen LogP contribution is 2.15. The van der Waals surface area contributed by atoms with Crippen molar-refractivity contribution in [1.29, 1.82) is 0 Å². The first-order chi connectivity index (χ1) is 10.1. The van der Waals surface area contributed by atoms with E-state index in [1.165, 1.54) is 12.1 Å². The van der Waals surface area contributed by atoms with Gasteiger partial charge in [-0.3, -0.25) is 0 Å². The number of rotatable bonds is 6. The molecule has 1 aromatic carbocycles. The molecule has 5 nitrogen and oxygen atoms in total. The molecule has 0 radical (unpaired) electrons. The standard InChI is InChI=1S/C15H15FN2O3/c1-2-21-14-6-4-11(9-18-14)17-8-10-3-5-12(15(19)20)13(16)7-10/h3-7,9,17H,2,8H2,1H3,(H,19,20). The Morgan fingerprint density at radius 3 is 2.76 bits per heavy atom. The highest BCUT2D eigenvalue weighted by molar-refractivity contribution is 5.87. The van der Waals surface area contributed by atoms with Crippen LogP contribution in [-0.4, -0.2) is 22.7 Å². The van der Waals surface area contributed by atoms with Gasteiger partial charge in [-0.2, -0.15) is 0 Å². The van der Waals surface area contributed by atoms with E-state index in [0.29, 0.717) is 24.6 Å². The molecule has 0 atom stereocenters. The molecule has 2 aromatic rings. The van der Waals surface area contributed by atoms with Gasteiger partial charge < -0.3 is 15.2 Å². The zero-order valence-electron chi connectivity index (χ0n) is 11.5. The summed E-state index contributed by atoms with van der Waals surface area (Å²) in [4.78, 5) is 14.8. The molecule has 0 unspecified atom stereocenters. The van der Waals surface area contributed by atoms with Crippen molar-refractivity contribution in [1.82, 2.24) is 4.98 Å². The molecule has 2 rings (SSSR count). The maximum absolute atomic E-state index is 13.5. The summed E-state index contributed by atoms with van der Waals surface area (Å²) in [5.41, 5.74) is 1.08. The second-order valence-electron chi connectivity index (χ2n) is 4.29. The first-order valence-corrected chi connectivity index (χ1v) is 6.44. The third-order valence-electron chi connectivity index (χ3n) is 2.79. The molecule has 6 heteroatoms. The van der Waals surface area contributed by atoms with Gasteiger partial charge in [-0.15, -0.1) is 0 Å². The van der Waals surface area contributed by atoms with E-state index in [4.69, 9.17) is 9.84 Å². The minimum Gasteiger partial charge on any atom is -0.478 e. The molecular weight excluding hydrogens is 275 g/mol. The number of carbonyl (C=O) groups is 1. The molecule has 0 spiro atoms. The predicted molar refractivity (Wildman–Crippen MR) is 76.1 cm³/mol. The normalized spacial score (nSPS) is 10.2. The van der Waals surface area contributed by atoms with E-state index in [1.807, 2.05) is 6.92 Å². The number of nitrogens with one attached hydrogen (secondary N) is 1. The van der Waals surface area contributed by atoms with Crippen molar-refractivity contribution >= 4 is 11.7 Å². The van der Waals surface area contributed by atoms with Gasteiger partial charge >= 0.3 is 5.97 Å². The van der Waals surface area contributed by atoms with E-state index in [1.54, 1.807) is 24.4 Å². The number of carboxylic acid groups (broad SMARTS) is 1. The summed E-state index contributed by atoms with van der Waals surface area (Å²) in [5.74, 6) is -1.48. The second kappa shape index (κ2) is 6.69. The summed E-state index contributed by atoms with van der Waals surface area (Å²) in [6.45, 7) is 2.80. The lowest BCUT2D eigenvalue weighted by atomic mass is 10.1. The average molecular weight is 290 g/mol. The molecule has 110 valence electrons. The molecule has 0 aliphatic heterocycles. The molecule has 0 aliphatic carbocycles. The van der Waals surface area contributed by atoms with E-state index in [9.17, 15) is 9.18 Å². The number of anilines is 1. The third kappa shape index (κ3) is 3.92. The molecule has 0 saturated heterocycles. The lowest BCUT2D eigenvalue weighted by Gasteiger charge is -2.08. The summed E-state index contributed by atoms with van der Waals surface area (Å²) in [5, 5.41) is 11.8. The monoisotopic (exact) mass is 290 g/mol. The van der Waals surface area contributed by atoms with Gasteiger partial charge in [0, 0.05) is 12.6 Å². The molecule has 1 heterocycles. The first-order valence-electron chi connectivity index (χ1n) is 6.44. The Labute approximate surface area is 121 Å². The van der Waals surface area contributed by atoms with E-state index in [-0.39, 0.29) is 5.56 Å². The van der Waals surface area contributed by atoms with Crippen LogP contribution in [0.4, 0.5) is 10.1 Å². The van der Waals surface area contributed by atoms with Crippen LogP contribution in [0.1, 0.15) is 22.8 Å².